The molecule has 0 heterocycles. The van der Waals surface area contributed by atoms with Crippen LogP contribution in [0.5, 0.6) is 34.5 Å². The molecule has 0 saturated heterocycles. The molecule has 6 N–H and O–H groups in total. The van der Waals surface area contributed by atoms with Gasteiger partial charge in [0.15, 0.2) is 0 Å². The van der Waals surface area contributed by atoms with Gasteiger partial charge < -0.3 is 87.8 Å². The van der Waals surface area contributed by atoms with Crippen LogP contribution < -0.4 is 59.1 Å². The molecule has 0 aliphatic heterocycles. The zero-order valence-electron chi connectivity index (χ0n) is 47.8. The number of fused-ring (bicyclic) bond motifs is 12. The quantitative estimate of drug-likeness (QED) is 0.0307. The van der Waals surface area contributed by atoms with E-state index in [9.17, 15) is 137 Å². The van der Waals surface area contributed by atoms with Crippen LogP contribution in [0.4, 0.5) is 0 Å². The summed E-state index contributed by atoms with van der Waals surface area (Å²) < 4.78 is 256. The fraction of sp³-hybridized carbons (Fsp3) is 0.222. The van der Waals surface area contributed by atoms with E-state index in [4.69, 9.17) is 28.4 Å². The van der Waals surface area contributed by atoms with Crippen molar-refractivity contribution in [2.75, 3.05) is 39.6 Å². The lowest BCUT2D eigenvalue weighted by molar-refractivity contribution is -0.308. The molecule has 0 amide bonds. The number of carbonyl (C=O) groups is 6. The maximum Gasteiger partial charge on any atom is 0.294 e. The summed E-state index contributed by atoms with van der Waals surface area (Å²) in [5, 5.41) is 73.1. The summed E-state index contributed by atoms with van der Waals surface area (Å²) in [5.41, 5.74) is -9.53. The van der Waals surface area contributed by atoms with Crippen LogP contribution in [-0.4, -0.2) is 153 Å². The Hall–Kier alpha value is -9.60. The molecule has 0 aromatic heterocycles. The van der Waals surface area contributed by atoms with E-state index in [0.717, 1.165) is 0 Å². The fourth-order valence-corrected chi connectivity index (χ4v) is 13.4. The van der Waals surface area contributed by atoms with Crippen molar-refractivity contribution >= 4 is 96.5 Å². The summed E-state index contributed by atoms with van der Waals surface area (Å²) in [4.78, 5) is 65.6. The second kappa shape index (κ2) is 28.4. The Balaban J connectivity index is 1.81. The Kier molecular flexibility index (Phi) is 21.8. The number of benzene rings is 6. The molecular weight excluding hydrogens is 1420 g/mol. The van der Waals surface area contributed by atoms with Gasteiger partial charge in [0.2, 0.25) is 0 Å². The Morgan fingerprint density at radius 2 is 0.333 bits per heavy atom. The summed E-state index contributed by atoms with van der Waals surface area (Å²) in [7, 11) is -33.9. The smallest absolute Gasteiger partial charge is 0.294 e. The van der Waals surface area contributed by atoms with Crippen molar-refractivity contribution in [1.82, 2.24) is 0 Å². The lowest BCUT2D eigenvalue weighted by Crippen LogP contribution is -2.30. The predicted molar refractivity (Wildman–Crippen MR) is 297 cm³/mol. The van der Waals surface area contributed by atoms with Gasteiger partial charge in [-0.2, -0.15) is 50.5 Å². The lowest BCUT2D eigenvalue weighted by atomic mass is 9.91. The Morgan fingerprint density at radius 3 is 0.406 bits per heavy atom. The highest BCUT2D eigenvalue weighted by Crippen LogP contribution is 2.44. The van der Waals surface area contributed by atoms with Gasteiger partial charge in [-0.25, -0.2) is 0 Å². The monoisotopic (exact) mass is 1460 g/mol. The van der Waals surface area contributed by atoms with Crippen LogP contribution >= 0.6 is 0 Å². The summed E-state index contributed by atoms with van der Waals surface area (Å²) >= 11 is 0. The molecule has 0 saturated carbocycles. The number of ether oxygens (including phenoxy) is 6. The van der Waals surface area contributed by atoms with Crippen molar-refractivity contribution < 1.29 is 166 Å². The third-order valence-electron chi connectivity index (χ3n) is 13.4. The molecular formula is C54H42O36S6-6. The maximum absolute atomic E-state index is 13.3. The first-order chi connectivity index (χ1) is 44.3. The van der Waals surface area contributed by atoms with Gasteiger partial charge in [-0.3, -0.25) is 27.3 Å². The standard InChI is InChI=1S/C54H48O36S6/c55-43(56)19-85-49-25-1-26-8-38(92(70,71)72)10-28(50(26)86-20-44(57)58)3-30-12-40(94(76,77)78)14-32(52(30)88-22-46(61)62)5-34-16-42(96(82,83)84)18-36(54(34)90-24-48(65)66)6-35-17-41(95(79,80)81)15-33(53(35)89-23-47(63)64)4-31-13-39(93(73,74)75)11-29(51(31)87-21-45(59)60)2-27(49)9-37(7-25)91(67,68)69/h7-18H,1-6,19-24H2,(H,55,56)(H,57,58)(H,59,60)(H,61,62)(H,63,64)(H,65,66)(H,67,68,69)(H,70,71,72)(H,73,74,75)(H,76,77,78)(H,79,80,81)(H,82,83,84)/p-6. The van der Waals surface area contributed by atoms with E-state index in [1.54, 1.807) is 0 Å². The van der Waals surface area contributed by atoms with Crippen molar-refractivity contribution in [1.29, 1.82) is 0 Å². The zero-order chi connectivity index (χ0) is 71.5. The van der Waals surface area contributed by atoms with Crippen molar-refractivity contribution in [3.63, 3.8) is 0 Å². The Bertz CT molecular complexity index is 4020. The van der Waals surface area contributed by atoms with Crippen LogP contribution in [0.15, 0.2) is 102 Å². The highest BCUT2D eigenvalue weighted by atomic mass is 32.2. The van der Waals surface area contributed by atoms with Gasteiger partial charge in [0, 0.05) is 105 Å². The van der Waals surface area contributed by atoms with Crippen molar-refractivity contribution in [2.45, 2.75) is 67.9 Å². The second-order valence-corrected chi connectivity index (χ2v) is 28.8. The minimum atomic E-state index is -5.65. The van der Waals surface area contributed by atoms with E-state index in [0.29, 0.717) is 72.8 Å². The first kappa shape index (κ1) is 73.8. The molecule has 36 nitrogen and oxygen atoms in total. The van der Waals surface area contributed by atoms with Crippen LogP contribution in [0, 0.1) is 0 Å². The van der Waals surface area contributed by atoms with Crippen molar-refractivity contribution in [3.8, 4) is 34.5 Å². The van der Waals surface area contributed by atoms with Gasteiger partial charge in [0.05, 0.1) is 65.2 Å². The lowest BCUT2D eigenvalue weighted by Gasteiger charge is -2.24. The molecule has 516 valence electrons. The summed E-state index contributed by atoms with van der Waals surface area (Å²) in [6, 6.07) is 5.81. The molecule has 96 heavy (non-hydrogen) atoms. The molecule has 7 rings (SSSR count). The highest BCUT2D eigenvalue weighted by Gasteiger charge is 2.31. The number of aliphatic carboxylic acids is 6. The number of rotatable bonds is 24. The molecule has 12 bridgehead atoms. The van der Waals surface area contributed by atoms with Gasteiger partial charge >= 0.3 is 0 Å². The van der Waals surface area contributed by atoms with Crippen molar-refractivity contribution in [3.05, 3.63) is 140 Å². The SMILES string of the molecule is O=C([O-])COc1c2cc(S(=O)(=O)O)cc1Cc1cc(S(=O)(=O)O)cc(c1OCC(=O)[O-])Cc1cc(S(=O)(=O)O)cc(c1OCC(=O)[O-])Cc1cc(S(=O)(=O)O)cc(c1OCC(=O)[O-])Cc1cc(S(=O)(=O)O)cc(c1OCC(=O)[O-])Cc1cc(S(=O)(=O)O)cc(c1OCC(=O)[O-])C2. The molecule has 6 aromatic rings. The molecule has 42 heteroatoms. The van der Waals surface area contributed by atoms with E-state index in [1.165, 1.54) is 0 Å². The molecule has 0 radical (unpaired) electrons. The molecule has 6 aromatic carbocycles. The first-order valence-electron chi connectivity index (χ1n) is 26.0. The first-order valence-corrected chi connectivity index (χ1v) is 34.7. The van der Waals surface area contributed by atoms with Gasteiger partial charge in [-0.15, -0.1) is 0 Å². The van der Waals surface area contributed by atoms with Crippen LogP contribution in [-0.2, 0) is 128 Å². The molecule has 0 spiro atoms. The summed E-state index contributed by atoms with van der Waals surface area (Å²) in [5.74, 6) is -18.1. The van der Waals surface area contributed by atoms with Crippen LogP contribution in [0.3, 0.4) is 0 Å². The number of carboxylic acid groups (broad SMARTS) is 6. The zero-order valence-corrected chi connectivity index (χ0v) is 52.7. The third-order valence-corrected chi connectivity index (χ3v) is 18.4. The van der Waals surface area contributed by atoms with E-state index < -0.39 is 305 Å². The van der Waals surface area contributed by atoms with E-state index >= 15 is 0 Å². The average Bonchev–Trinajstić information content (AvgIpc) is 0.776. The van der Waals surface area contributed by atoms with Crippen LogP contribution in [0.25, 0.3) is 0 Å². The Labute approximate surface area is 540 Å². The normalized spacial score (nSPS) is 13.1. The minimum absolute atomic E-state index is 0.485. The molecule has 1 aliphatic rings. The Morgan fingerprint density at radius 1 is 0.240 bits per heavy atom. The molecule has 1 aliphatic carbocycles. The summed E-state index contributed by atoms with van der Waals surface area (Å²) in [6.45, 7) is -9.46. The maximum atomic E-state index is 13.3. The van der Waals surface area contributed by atoms with Crippen LogP contribution in [0.2, 0.25) is 0 Å². The van der Waals surface area contributed by atoms with Gasteiger partial charge in [-0.05, 0) is 72.8 Å². The number of carbonyl (C=O) groups excluding carboxylic acids is 6. The molecule has 0 unspecified atom stereocenters. The fourth-order valence-electron chi connectivity index (χ4n) is 9.93. The van der Waals surface area contributed by atoms with Crippen molar-refractivity contribution in [2.24, 2.45) is 0 Å². The molecule has 0 atom stereocenters. The van der Waals surface area contributed by atoms with Crippen LogP contribution in [0.1, 0.15) is 66.8 Å². The summed E-state index contributed by atoms with van der Waals surface area (Å²) in [6.07, 6.45) is -7.45. The third kappa shape index (κ3) is 18.9. The topological polar surface area (TPSA) is 622 Å². The number of carboxylic acids is 6. The highest BCUT2D eigenvalue weighted by molar-refractivity contribution is 7.87. The van der Waals surface area contributed by atoms with Gasteiger partial charge in [-0.1, -0.05) is 0 Å². The number of hydrogen-bond acceptors (Lipinski definition) is 30. The predicted octanol–water partition coefficient (Wildman–Crippen LogP) is -6.20. The van der Waals surface area contributed by atoms with E-state index in [-0.39, 0.29) is 0 Å². The number of hydrogen-bond donors (Lipinski definition) is 6. The van der Waals surface area contributed by atoms with Gasteiger partial charge in [0.25, 0.3) is 60.7 Å². The minimum Gasteiger partial charge on any atom is -0.546 e. The second-order valence-electron chi connectivity index (χ2n) is 20.3. The van der Waals surface area contributed by atoms with E-state index in [2.05, 4.69) is 0 Å². The van der Waals surface area contributed by atoms with Gasteiger partial charge in [0.1, 0.15) is 74.1 Å². The largest absolute Gasteiger partial charge is 0.546 e. The van der Waals surface area contributed by atoms with E-state index in [1.807, 2.05) is 0 Å². The molecule has 0 fully saturated rings. The average molecular weight is 1460 g/mol.